The molecule has 0 bridgehead atoms. The largest absolute Gasteiger partial charge is 0.489 e. The van der Waals surface area contributed by atoms with Gasteiger partial charge in [0.15, 0.2) is 0 Å². The van der Waals surface area contributed by atoms with Gasteiger partial charge in [-0.1, -0.05) is 37.6 Å². The van der Waals surface area contributed by atoms with Crippen molar-refractivity contribution in [2.45, 2.75) is 38.7 Å². The standard InChI is InChI=1S/C29H32ClN3O5S/c1-19-14-20(2)17-33(16-19)39(36,37)26-11-8-24(9-12-26)29(35)32-31-28(34)23-6-4-22(5-7-23)18-38-25-10-13-27(30)21(3)15-25/h4-13,15,19-20H,14,16-18H2,1-3H3,(H,31,34)(H,32,35)/t19-,20-/m1/s1. The van der Waals surface area contributed by atoms with Crippen LogP contribution in [-0.2, 0) is 16.6 Å². The van der Waals surface area contributed by atoms with Crippen LogP contribution in [-0.4, -0.2) is 37.6 Å². The summed E-state index contributed by atoms with van der Waals surface area (Å²) < 4.78 is 33.4. The van der Waals surface area contributed by atoms with Crippen molar-refractivity contribution < 1.29 is 22.7 Å². The number of hydrogen-bond acceptors (Lipinski definition) is 5. The third kappa shape index (κ3) is 7.17. The fourth-order valence-corrected chi connectivity index (χ4v) is 6.41. The number of nitrogens with one attached hydrogen (secondary N) is 2. The van der Waals surface area contributed by atoms with Gasteiger partial charge < -0.3 is 4.74 Å². The lowest BCUT2D eigenvalue weighted by atomic mass is 9.94. The molecule has 39 heavy (non-hydrogen) atoms. The normalized spacial score (nSPS) is 17.8. The molecular weight excluding hydrogens is 538 g/mol. The maximum Gasteiger partial charge on any atom is 0.269 e. The first kappa shape index (κ1) is 28.6. The molecule has 1 saturated heterocycles. The van der Waals surface area contributed by atoms with Gasteiger partial charge in [-0.3, -0.25) is 20.4 Å². The van der Waals surface area contributed by atoms with E-state index in [1.54, 1.807) is 36.4 Å². The Morgan fingerprint density at radius 1 is 0.897 bits per heavy atom. The van der Waals surface area contributed by atoms with Gasteiger partial charge in [-0.05, 0) is 90.9 Å². The van der Waals surface area contributed by atoms with E-state index in [1.807, 2.05) is 26.8 Å². The van der Waals surface area contributed by atoms with Gasteiger partial charge in [0.1, 0.15) is 12.4 Å². The van der Waals surface area contributed by atoms with Crippen LogP contribution >= 0.6 is 11.6 Å². The highest BCUT2D eigenvalue weighted by atomic mass is 35.5. The van der Waals surface area contributed by atoms with Gasteiger partial charge in [-0.2, -0.15) is 4.31 Å². The molecule has 1 heterocycles. The summed E-state index contributed by atoms with van der Waals surface area (Å²) >= 11 is 6.04. The molecule has 1 fully saturated rings. The molecule has 0 aromatic heterocycles. The molecule has 1 aliphatic heterocycles. The van der Waals surface area contributed by atoms with Gasteiger partial charge in [0, 0.05) is 29.2 Å². The maximum atomic E-state index is 13.0. The highest BCUT2D eigenvalue weighted by Gasteiger charge is 2.31. The minimum absolute atomic E-state index is 0.139. The quantitative estimate of drug-likeness (QED) is 0.391. The van der Waals surface area contributed by atoms with E-state index in [4.69, 9.17) is 16.3 Å². The number of halogens is 1. The number of aryl methyl sites for hydroxylation is 1. The second-order valence-electron chi connectivity index (χ2n) is 10.1. The van der Waals surface area contributed by atoms with E-state index in [2.05, 4.69) is 10.9 Å². The summed E-state index contributed by atoms with van der Waals surface area (Å²) in [6, 6.07) is 17.9. The van der Waals surface area contributed by atoms with Crippen LogP contribution < -0.4 is 15.6 Å². The number of carbonyl (C=O) groups excluding carboxylic acids is 2. The van der Waals surface area contributed by atoms with Crippen LogP contribution in [0.4, 0.5) is 0 Å². The van der Waals surface area contributed by atoms with Crippen molar-refractivity contribution in [3.8, 4) is 5.75 Å². The molecule has 3 aromatic carbocycles. The predicted molar refractivity (Wildman–Crippen MR) is 150 cm³/mol. The van der Waals surface area contributed by atoms with Gasteiger partial charge in [-0.25, -0.2) is 8.42 Å². The summed E-state index contributed by atoms with van der Waals surface area (Å²) in [5.74, 6) is 0.232. The number of carbonyl (C=O) groups is 2. The van der Waals surface area contributed by atoms with Crippen LogP contribution in [0.3, 0.4) is 0 Å². The molecule has 0 aliphatic carbocycles. The highest BCUT2D eigenvalue weighted by Crippen LogP contribution is 2.27. The number of rotatable bonds is 7. The molecule has 0 unspecified atom stereocenters. The van der Waals surface area contributed by atoms with Crippen LogP contribution in [0.15, 0.2) is 71.6 Å². The molecule has 2 N–H and O–H groups in total. The van der Waals surface area contributed by atoms with E-state index in [9.17, 15) is 18.0 Å². The average molecular weight is 570 g/mol. The number of amides is 2. The molecule has 10 heteroatoms. The molecule has 2 amide bonds. The molecule has 4 rings (SSSR count). The van der Waals surface area contributed by atoms with Gasteiger partial charge in [0.2, 0.25) is 10.0 Å². The zero-order chi connectivity index (χ0) is 28.2. The summed E-state index contributed by atoms with van der Waals surface area (Å²) in [7, 11) is -3.64. The molecule has 206 valence electrons. The van der Waals surface area contributed by atoms with Gasteiger partial charge in [0.05, 0.1) is 4.90 Å². The number of piperidine rings is 1. The van der Waals surface area contributed by atoms with Crippen LogP contribution in [0, 0.1) is 18.8 Å². The van der Waals surface area contributed by atoms with E-state index >= 15 is 0 Å². The predicted octanol–water partition coefficient (Wildman–Crippen LogP) is 4.97. The first-order valence-corrected chi connectivity index (χ1v) is 14.5. The Hall–Kier alpha value is -3.40. The van der Waals surface area contributed by atoms with Crippen LogP contribution in [0.2, 0.25) is 5.02 Å². The first-order chi connectivity index (χ1) is 18.5. The summed E-state index contributed by atoms with van der Waals surface area (Å²) in [6.07, 6.45) is 0.999. The van der Waals surface area contributed by atoms with Crippen molar-refractivity contribution in [2.24, 2.45) is 11.8 Å². The average Bonchev–Trinajstić information content (AvgIpc) is 2.92. The third-order valence-electron chi connectivity index (χ3n) is 6.63. The molecule has 0 spiro atoms. The number of nitrogens with zero attached hydrogens (tertiary/aromatic N) is 1. The summed E-state index contributed by atoms with van der Waals surface area (Å²) in [5.41, 5.74) is 7.12. The van der Waals surface area contributed by atoms with E-state index in [-0.39, 0.29) is 10.5 Å². The number of sulfonamides is 1. The smallest absolute Gasteiger partial charge is 0.269 e. The Kier molecular flexibility index (Phi) is 8.94. The summed E-state index contributed by atoms with van der Waals surface area (Å²) in [5, 5.41) is 0.673. The molecule has 8 nitrogen and oxygen atoms in total. The SMILES string of the molecule is Cc1cc(OCc2ccc(C(=O)NNC(=O)c3ccc(S(=O)(=O)N4C[C@H](C)C[C@@H](C)C4)cc3)cc2)ccc1Cl. The lowest BCUT2D eigenvalue weighted by Gasteiger charge is -2.34. The second-order valence-corrected chi connectivity index (χ2v) is 12.4. The van der Waals surface area contributed by atoms with Crippen molar-refractivity contribution >= 4 is 33.4 Å². The van der Waals surface area contributed by atoms with Crippen molar-refractivity contribution in [3.05, 3.63) is 94.0 Å². The highest BCUT2D eigenvalue weighted by molar-refractivity contribution is 7.89. The first-order valence-electron chi connectivity index (χ1n) is 12.7. The van der Waals surface area contributed by atoms with E-state index in [0.29, 0.717) is 47.9 Å². The fraction of sp³-hybridized carbons (Fsp3) is 0.310. The number of ether oxygens (including phenoxy) is 1. The Morgan fingerprint density at radius 3 is 1.97 bits per heavy atom. The molecule has 0 saturated carbocycles. The Bertz CT molecular complexity index is 1430. The lowest BCUT2D eigenvalue weighted by molar-refractivity contribution is 0.0846. The number of hydrogen-bond donors (Lipinski definition) is 2. The van der Waals surface area contributed by atoms with Crippen molar-refractivity contribution in [1.29, 1.82) is 0 Å². The van der Waals surface area contributed by atoms with Gasteiger partial charge >= 0.3 is 0 Å². The van der Waals surface area contributed by atoms with Crippen molar-refractivity contribution in [2.75, 3.05) is 13.1 Å². The van der Waals surface area contributed by atoms with E-state index in [0.717, 1.165) is 17.5 Å². The van der Waals surface area contributed by atoms with Gasteiger partial charge in [-0.15, -0.1) is 0 Å². The Morgan fingerprint density at radius 2 is 1.44 bits per heavy atom. The van der Waals surface area contributed by atoms with Crippen LogP contribution in [0.25, 0.3) is 0 Å². The Balaban J connectivity index is 1.29. The lowest BCUT2D eigenvalue weighted by Crippen LogP contribution is -2.42. The van der Waals surface area contributed by atoms with E-state index in [1.165, 1.54) is 28.6 Å². The number of hydrazine groups is 1. The maximum absolute atomic E-state index is 13.0. The van der Waals surface area contributed by atoms with Crippen LogP contribution in [0.5, 0.6) is 5.75 Å². The third-order valence-corrected chi connectivity index (χ3v) is 8.90. The van der Waals surface area contributed by atoms with Gasteiger partial charge in [0.25, 0.3) is 11.8 Å². The topological polar surface area (TPSA) is 105 Å². The van der Waals surface area contributed by atoms with Crippen molar-refractivity contribution in [3.63, 3.8) is 0 Å². The minimum atomic E-state index is -3.64. The zero-order valence-electron chi connectivity index (χ0n) is 22.1. The zero-order valence-corrected chi connectivity index (χ0v) is 23.7. The number of benzene rings is 3. The fourth-order valence-electron chi connectivity index (χ4n) is 4.61. The monoisotopic (exact) mass is 569 g/mol. The van der Waals surface area contributed by atoms with Crippen molar-refractivity contribution in [1.82, 2.24) is 15.2 Å². The summed E-state index contributed by atoms with van der Waals surface area (Å²) in [6.45, 7) is 7.28. The molecular formula is C29H32ClN3O5S. The molecule has 0 radical (unpaired) electrons. The van der Waals surface area contributed by atoms with Crippen LogP contribution in [0.1, 0.15) is 52.1 Å². The summed E-state index contributed by atoms with van der Waals surface area (Å²) in [4.78, 5) is 25.2. The molecule has 3 aromatic rings. The molecule has 1 aliphatic rings. The second kappa shape index (κ2) is 12.2. The van der Waals surface area contributed by atoms with E-state index < -0.39 is 21.8 Å². The Labute approximate surface area is 234 Å². The molecule has 2 atom stereocenters. The minimum Gasteiger partial charge on any atom is -0.489 e.